The van der Waals surface area contributed by atoms with Crippen molar-refractivity contribution in [2.45, 2.75) is 13.3 Å². The van der Waals surface area contributed by atoms with Crippen molar-refractivity contribution in [3.63, 3.8) is 0 Å². The fourth-order valence-corrected chi connectivity index (χ4v) is 2.54. The van der Waals surface area contributed by atoms with E-state index in [2.05, 4.69) is 26.0 Å². The van der Waals surface area contributed by atoms with Crippen LogP contribution in [0.15, 0.2) is 15.9 Å². The van der Waals surface area contributed by atoms with Gasteiger partial charge in [-0.1, -0.05) is 0 Å². The second kappa shape index (κ2) is 6.65. The first-order valence-corrected chi connectivity index (χ1v) is 6.43. The predicted octanol–water partition coefficient (Wildman–Crippen LogP) is 1.73. The fraction of sp³-hybridized carbons (Fsp3) is 0.400. The Morgan fingerprint density at radius 3 is 2.81 bits per heavy atom. The minimum atomic E-state index is -0.824. The summed E-state index contributed by atoms with van der Waals surface area (Å²) in [4.78, 5) is 23.2. The summed E-state index contributed by atoms with van der Waals surface area (Å²) < 4.78 is 5.61. The van der Waals surface area contributed by atoms with E-state index in [-0.39, 0.29) is 6.61 Å². The molecule has 0 spiro atoms. The Kier molecular flexibility index (Phi) is 5.48. The van der Waals surface area contributed by atoms with Crippen LogP contribution in [-0.2, 0) is 20.7 Å². The third-order valence-corrected chi connectivity index (χ3v) is 3.43. The molecule has 1 rings (SSSR count). The first-order chi connectivity index (χ1) is 7.63. The minimum Gasteiger partial charge on any atom is -0.459 e. The largest absolute Gasteiger partial charge is 0.459 e. The Hall–Kier alpha value is -0.880. The Morgan fingerprint density at radius 1 is 1.50 bits per heavy atom. The number of ether oxygens (including phenoxy) is 1. The molecule has 0 aliphatic rings. The zero-order valence-electron chi connectivity index (χ0n) is 8.79. The van der Waals surface area contributed by atoms with Gasteiger partial charge in [0, 0.05) is 11.4 Å². The van der Waals surface area contributed by atoms with Crippen molar-refractivity contribution in [3.05, 3.63) is 20.8 Å². The number of halogens is 1. The van der Waals surface area contributed by atoms with Crippen LogP contribution in [0, 0.1) is 0 Å². The molecule has 0 fully saturated rings. The van der Waals surface area contributed by atoms with Crippen molar-refractivity contribution < 1.29 is 14.3 Å². The third-order valence-electron chi connectivity index (χ3n) is 1.75. The van der Waals surface area contributed by atoms with Crippen LogP contribution >= 0.6 is 27.3 Å². The number of carbonyl (C=O) groups is 2. The molecule has 0 saturated carbocycles. The molecule has 0 aliphatic carbocycles. The average Bonchev–Trinajstić information content (AvgIpc) is 2.64. The number of esters is 1. The van der Waals surface area contributed by atoms with E-state index < -0.39 is 11.9 Å². The van der Waals surface area contributed by atoms with Gasteiger partial charge in [0.05, 0.1) is 10.4 Å². The van der Waals surface area contributed by atoms with E-state index in [9.17, 15) is 9.59 Å². The Balaban J connectivity index is 2.25. The number of thiophene rings is 1. The molecule has 0 bridgehead atoms. The summed E-state index contributed by atoms with van der Waals surface area (Å²) in [5, 5.41) is 2.50. The van der Waals surface area contributed by atoms with Gasteiger partial charge in [0.1, 0.15) is 0 Å². The zero-order chi connectivity index (χ0) is 12.0. The van der Waals surface area contributed by atoms with Crippen LogP contribution in [0.1, 0.15) is 11.8 Å². The van der Waals surface area contributed by atoms with Gasteiger partial charge in [-0.3, -0.25) is 4.79 Å². The van der Waals surface area contributed by atoms with Crippen LogP contribution in [0.2, 0.25) is 0 Å². The van der Waals surface area contributed by atoms with E-state index >= 15 is 0 Å². The number of hydrogen-bond donors (Lipinski definition) is 1. The quantitative estimate of drug-likeness (QED) is 0.681. The molecule has 0 aliphatic heterocycles. The molecule has 1 heterocycles. The molecule has 0 radical (unpaired) electrons. The lowest BCUT2D eigenvalue weighted by Gasteiger charge is -2.03. The van der Waals surface area contributed by atoms with E-state index in [4.69, 9.17) is 0 Å². The molecule has 1 N–H and O–H groups in total. The second-order valence-corrected chi connectivity index (χ2v) is 5.48. The molecule has 0 unspecified atom stereocenters. The van der Waals surface area contributed by atoms with Gasteiger partial charge in [0.25, 0.3) is 0 Å². The molecule has 0 aromatic carbocycles. The highest BCUT2D eigenvalue weighted by atomic mass is 79.9. The maximum Gasteiger partial charge on any atom is 0.396 e. The van der Waals surface area contributed by atoms with E-state index in [1.165, 1.54) is 0 Å². The highest BCUT2D eigenvalue weighted by Gasteiger charge is 2.13. The van der Waals surface area contributed by atoms with Crippen molar-refractivity contribution in [2.75, 3.05) is 13.2 Å². The summed E-state index contributed by atoms with van der Waals surface area (Å²) >= 11 is 4.96. The summed E-state index contributed by atoms with van der Waals surface area (Å²) in [6.45, 7) is 2.31. The van der Waals surface area contributed by atoms with Gasteiger partial charge < -0.3 is 10.1 Å². The van der Waals surface area contributed by atoms with Crippen LogP contribution in [-0.4, -0.2) is 25.0 Å². The first-order valence-electron chi connectivity index (χ1n) is 4.82. The SMILES string of the molecule is CCOC(=O)C(=O)NCCc1ccc(Br)s1. The lowest BCUT2D eigenvalue weighted by molar-refractivity contribution is -0.154. The summed E-state index contributed by atoms with van der Waals surface area (Å²) in [5.41, 5.74) is 0. The Labute approximate surface area is 106 Å². The molecular formula is C10H12BrNO3S. The van der Waals surface area contributed by atoms with Crippen molar-refractivity contribution in [1.29, 1.82) is 0 Å². The maximum absolute atomic E-state index is 11.1. The normalized spacial score (nSPS) is 9.88. The van der Waals surface area contributed by atoms with Crippen LogP contribution in [0.5, 0.6) is 0 Å². The Bertz CT molecular complexity index is 378. The Morgan fingerprint density at radius 2 is 2.25 bits per heavy atom. The van der Waals surface area contributed by atoms with Gasteiger partial charge in [-0.05, 0) is 41.4 Å². The molecule has 88 valence electrons. The van der Waals surface area contributed by atoms with E-state index in [0.717, 1.165) is 8.66 Å². The van der Waals surface area contributed by atoms with Crippen molar-refractivity contribution >= 4 is 39.1 Å². The van der Waals surface area contributed by atoms with Crippen LogP contribution in [0.25, 0.3) is 0 Å². The molecule has 6 heteroatoms. The fourth-order valence-electron chi connectivity index (χ4n) is 1.05. The topological polar surface area (TPSA) is 55.4 Å². The smallest absolute Gasteiger partial charge is 0.396 e. The van der Waals surface area contributed by atoms with E-state index in [1.54, 1.807) is 18.3 Å². The molecule has 1 aromatic heterocycles. The summed E-state index contributed by atoms with van der Waals surface area (Å²) in [6, 6.07) is 3.93. The summed E-state index contributed by atoms with van der Waals surface area (Å²) in [6.07, 6.45) is 0.710. The molecule has 1 amide bonds. The third kappa shape index (κ3) is 4.32. The van der Waals surface area contributed by atoms with Gasteiger partial charge in [0.15, 0.2) is 0 Å². The van der Waals surface area contributed by atoms with Crippen molar-refractivity contribution in [3.8, 4) is 0 Å². The number of nitrogens with one attached hydrogen (secondary N) is 1. The van der Waals surface area contributed by atoms with Gasteiger partial charge >= 0.3 is 11.9 Å². The molecular weight excluding hydrogens is 294 g/mol. The lowest BCUT2D eigenvalue weighted by atomic mass is 10.3. The number of hydrogen-bond acceptors (Lipinski definition) is 4. The monoisotopic (exact) mass is 305 g/mol. The van der Waals surface area contributed by atoms with Gasteiger partial charge in [0.2, 0.25) is 0 Å². The van der Waals surface area contributed by atoms with Crippen LogP contribution in [0.4, 0.5) is 0 Å². The second-order valence-electron chi connectivity index (χ2n) is 2.93. The molecule has 0 atom stereocenters. The first kappa shape index (κ1) is 13.2. The number of amides is 1. The van der Waals surface area contributed by atoms with E-state index in [0.29, 0.717) is 13.0 Å². The molecule has 16 heavy (non-hydrogen) atoms. The highest BCUT2D eigenvalue weighted by Crippen LogP contribution is 2.21. The van der Waals surface area contributed by atoms with Crippen molar-refractivity contribution in [1.82, 2.24) is 5.32 Å². The van der Waals surface area contributed by atoms with Crippen LogP contribution in [0.3, 0.4) is 0 Å². The minimum absolute atomic E-state index is 0.212. The predicted molar refractivity (Wildman–Crippen MR) is 65.4 cm³/mol. The maximum atomic E-state index is 11.1. The summed E-state index contributed by atoms with van der Waals surface area (Å²) in [7, 11) is 0. The van der Waals surface area contributed by atoms with Gasteiger partial charge in [-0.2, -0.15) is 0 Å². The highest BCUT2D eigenvalue weighted by molar-refractivity contribution is 9.11. The molecule has 4 nitrogen and oxygen atoms in total. The van der Waals surface area contributed by atoms with Gasteiger partial charge in [-0.15, -0.1) is 11.3 Å². The lowest BCUT2D eigenvalue weighted by Crippen LogP contribution is -2.33. The zero-order valence-corrected chi connectivity index (χ0v) is 11.2. The molecule has 1 aromatic rings. The number of rotatable bonds is 4. The standard InChI is InChI=1S/C10H12BrNO3S/c1-2-15-10(14)9(13)12-6-5-7-3-4-8(11)16-7/h3-4H,2,5-6H2,1H3,(H,12,13). The number of carbonyl (C=O) groups excluding carboxylic acids is 2. The average molecular weight is 306 g/mol. The van der Waals surface area contributed by atoms with E-state index in [1.807, 2.05) is 12.1 Å². The van der Waals surface area contributed by atoms with Crippen LogP contribution < -0.4 is 5.32 Å². The van der Waals surface area contributed by atoms with Crippen molar-refractivity contribution in [2.24, 2.45) is 0 Å². The van der Waals surface area contributed by atoms with Gasteiger partial charge in [-0.25, -0.2) is 4.79 Å². The summed E-state index contributed by atoms with van der Waals surface area (Å²) in [5.74, 6) is -1.51. The molecule has 0 saturated heterocycles.